The molecule has 0 N–H and O–H groups in total. The van der Waals surface area contributed by atoms with Crippen molar-refractivity contribution in [1.82, 2.24) is 19.6 Å². The van der Waals surface area contributed by atoms with Gasteiger partial charge in [-0.3, -0.25) is 9.36 Å². The van der Waals surface area contributed by atoms with Crippen molar-refractivity contribution in [1.29, 1.82) is 0 Å². The first-order valence-electron chi connectivity index (χ1n) is 8.31. The van der Waals surface area contributed by atoms with Gasteiger partial charge in [0.05, 0.1) is 11.6 Å². The van der Waals surface area contributed by atoms with E-state index in [2.05, 4.69) is 10.1 Å². The molecule has 1 saturated heterocycles. The molecule has 1 aliphatic rings. The van der Waals surface area contributed by atoms with Crippen LogP contribution in [0.15, 0.2) is 38.0 Å². The molecule has 1 aromatic carbocycles. The van der Waals surface area contributed by atoms with Gasteiger partial charge in [0.2, 0.25) is 11.8 Å². The van der Waals surface area contributed by atoms with Gasteiger partial charge in [-0.15, -0.1) is 0 Å². The molecular weight excluding hydrogens is 324 g/mol. The van der Waals surface area contributed by atoms with Crippen molar-refractivity contribution < 1.29 is 13.7 Å². The van der Waals surface area contributed by atoms with E-state index in [1.807, 2.05) is 18.2 Å². The summed E-state index contributed by atoms with van der Waals surface area (Å²) in [5.41, 5.74) is 1.23. The van der Waals surface area contributed by atoms with Crippen molar-refractivity contribution in [3.05, 3.63) is 46.5 Å². The van der Waals surface area contributed by atoms with E-state index >= 15 is 0 Å². The lowest BCUT2D eigenvalue weighted by Crippen LogP contribution is -2.32. The lowest BCUT2D eigenvalue weighted by molar-refractivity contribution is -0.132. The van der Waals surface area contributed by atoms with Crippen molar-refractivity contribution in [2.24, 2.45) is 0 Å². The second-order valence-electron chi connectivity index (χ2n) is 6.15. The summed E-state index contributed by atoms with van der Waals surface area (Å²) < 4.78 is 11.7. The maximum atomic E-state index is 12.7. The van der Waals surface area contributed by atoms with Gasteiger partial charge in [0.15, 0.2) is 11.4 Å². The highest BCUT2D eigenvalue weighted by Gasteiger charge is 2.33. The maximum absolute atomic E-state index is 12.7. The van der Waals surface area contributed by atoms with Crippen molar-refractivity contribution in [3.63, 3.8) is 0 Å². The number of benzene rings is 1. The molecule has 8 heteroatoms. The quantitative estimate of drug-likeness (QED) is 0.720. The zero-order chi connectivity index (χ0) is 17.4. The summed E-state index contributed by atoms with van der Waals surface area (Å²) in [5, 5.41) is 3.95. The molecule has 25 heavy (non-hydrogen) atoms. The van der Waals surface area contributed by atoms with Crippen LogP contribution in [0.5, 0.6) is 0 Å². The van der Waals surface area contributed by atoms with Gasteiger partial charge in [-0.2, -0.15) is 4.98 Å². The monoisotopic (exact) mass is 342 g/mol. The van der Waals surface area contributed by atoms with E-state index in [9.17, 15) is 9.59 Å². The van der Waals surface area contributed by atoms with Gasteiger partial charge in [-0.05, 0) is 25.0 Å². The number of para-hydroxylation sites is 2. The number of rotatable bonds is 4. The molecule has 1 aliphatic heterocycles. The number of carbonyl (C=O) groups excluding carboxylic acids is 1. The number of likely N-dealkylation sites (tertiary alicyclic amines) is 1. The minimum absolute atomic E-state index is 0.0258. The largest absolute Gasteiger partial charge is 0.419 e. The Labute approximate surface area is 143 Å². The molecule has 3 heterocycles. The van der Waals surface area contributed by atoms with Crippen LogP contribution in [0.3, 0.4) is 0 Å². The number of hydrogen-bond acceptors (Lipinski definition) is 6. The number of oxazole rings is 1. The molecule has 0 bridgehead atoms. The number of hydrogen-bond donors (Lipinski definition) is 0. The molecule has 2 aromatic heterocycles. The number of fused-ring (bicyclic) bond motifs is 1. The zero-order valence-electron chi connectivity index (χ0n) is 13.8. The molecule has 4 rings (SSSR count). The van der Waals surface area contributed by atoms with Crippen LogP contribution in [0.25, 0.3) is 11.1 Å². The molecule has 0 aliphatic carbocycles. The smallest absolute Gasteiger partial charge is 0.408 e. The first-order valence-corrected chi connectivity index (χ1v) is 8.31. The van der Waals surface area contributed by atoms with Gasteiger partial charge in [-0.1, -0.05) is 17.3 Å². The molecule has 8 nitrogen and oxygen atoms in total. The van der Waals surface area contributed by atoms with E-state index in [-0.39, 0.29) is 24.9 Å². The third kappa shape index (κ3) is 2.84. The third-order valence-corrected chi connectivity index (χ3v) is 4.54. The van der Waals surface area contributed by atoms with E-state index in [1.165, 1.54) is 4.57 Å². The van der Waals surface area contributed by atoms with Crippen molar-refractivity contribution in [2.45, 2.75) is 38.8 Å². The van der Waals surface area contributed by atoms with Gasteiger partial charge >= 0.3 is 5.76 Å². The van der Waals surface area contributed by atoms with Gasteiger partial charge in [0, 0.05) is 26.4 Å². The summed E-state index contributed by atoms with van der Waals surface area (Å²) in [6.45, 7) is 2.68. The summed E-state index contributed by atoms with van der Waals surface area (Å²) in [5.74, 6) is 0.572. The van der Waals surface area contributed by atoms with Crippen LogP contribution in [0.2, 0.25) is 0 Å². The van der Waals surface area contributed by atoms with Crippen LogP contribution in [0.4, 0.5) is 0 Å². The van der Waals surface area contributed by atoms with Gasteiger partial charge in [-0.25, -0.2) is 4.79 Å². The number of nitrogens with zero attached hydrogens (tertiary/aromatic N) is 4. The van der Waals surface area contributed by atoms with E-state index < -0.39 is 5.76 Å². The summed E-state index contributed by atoms with van der Waals surface area (Å²) in [4.78, 5) is 30.7. The summed E-state index contributed by atoms with van der Waals surface area (Å²) >= 11 is 0. The first-order chi connectivity index (χ1) is 12.1. The number of aromatic nitrogens is 3. The lowest BCUT2D eigenvalue weighted by atomic mass is 10.2. The predicted octanol–water partition coefficient (Wildman–Crippen LogP) is 2.04. The van der Waals surface area contributed by atoms with Gasteiger partial charge < -0.3 is 13.8 Å². The molecule has 1 atom stereocenters. The van der Waals surface area contributed by atoms with Crippen LogP contribution in [0, 0.1) is 6.92 Å². The second-order valence-corrected chi connectivity index (χ2v) is 6.15. The second kappa shape index (κ2) is 6.19. The first kappa shape index (κ1) is 15.6. The third-order valence-electron chi connectivity index (χ3n) is 4.54. The molecule has 3 aromatic rings. The fourth-order valence-corrected chi connectivity index (χ4v) is 3.36. The fraction of sp³-hybridized carbons (Fsp3) is 0.412. The molecule has 1 fully saturated rings. The Hall–Kier alpha value is -2.90. The van der Waals surface area contributed by atoms with Crippen molar-refractivity contribution >= 4 is 17.0 Å². The molecule has 0 saturated carbocycles. The SMILES string of the molecule is Cc1nc(C2CCCN2C(=O)CCn2c(=O)oc3ccccc32)no1. The number of amides is 1. The highest BCUT2D eigenvalue weighted by Crippen LogP contribution is 2.30. The van der Waals surface area contributed by atoms with E-state index in [0.29, 0.717) is 29.4 Å². The van der Waals surface area contributed by atoms with Crippen LogP contribution in [-0.4, -0.2) is 32.1 Å². The summed E-state index contributed by atoms with van der Waals surface area (Å²) in [7, 11) is 0. The predicted molar refractivity (Wildman–Crippen MR) is 87.8 cm³/mol. The zero-order valence-corrected chi connectivity index (χ0v) is 13.8. The molecule has 130 valence electrons. The summed E-state index contributed by atoms with van der Waals surface area (Å²) in [6.07, 6.45) is 1.94. The van der Waals surface area contributed by atoms with Gasteiger partial charge in [0.25, 0.3) is 0 Å². The highest BCUT2D eigenvalue weighted by molar-refractivity contribution is 5.77. The van der Waals surface area contributed by atoms with E-state index in [0.717, 1.165) is 12.8 Å². The van der Waals surface area contributed by atoms with Crippen LogP contribution < -0.4 is 5.76 Å². The summed E-state index contributed by atoms with van der Waals surface area (Å²) in [6, 6.07) is 7.05. The maximum Gasteiger partial charge on any atom is 0.419 e. The van der Waals surface area contributed by atoms with Gasteiger partial charge in [0.1, 0.15) is 0 Å². The Balaban J connectivity index is 1.50. The molecular formula is C17H18N4O4. The topological polar surface area (TPSA) is 94.4 Å². The average Bonchev–Trinajstić information content (AvgIpc) is 3.30. The molecule has 1 unspecified atom stereocenters. The minimum Gasteiger partial charge on any atom is -0.408 e. The Kier molecular flexibility index (Phi) is 3.87. The highest BCUT2D eigenvalue weighted by atomic mass is 16.5. The molecule has 0 spiro atoms. The standard InChI is InChI=1S/C17H18N4O4/c1-11-18-16(19-25-11)13-6-4-9-20(13)15(22)8-10-21-12-5-2-3-7-14(12)24-17(21)23/h2-3,5,7,13H,4,6,8-10H2,1H3. The minimum atomic E-state index is -0.444. The number of aryl methyl sites for hydroxylation is 2. The number of carbonyl (C=O) groups is 1. The van der Waals surface area contributed by atoms with Crippen molar-refractivity contribution in [3.8, 4) is 0 Å². The van der Waals surface area contributed by atoms with E-state index in [4.69, 9.17) is 8.94 Å². The Morgan fingerprint density at radius 3 is 3.00 bits per heavy atom. The van der Waals surface area contributed by atoms with Crippen molar-refractivity contribution in [2.75, 3.05) is 6.54 Å². The molecule has 1 amide bonds. The lowest BCUT2D eigenvalue weighted by Gasteiger charge is -2.22. The van der Waals surface area contributed by atoms with E-state index in [1.54, 1.807) is 17.9 Å². The van der Waals surface area contributed by atoms with Crippen LogP contribution >= 0.6 is 0 Å². The van der Waals surface area contributed by atoms with Crippen LogP contribution in [0.1, 0.15) is 37.0 Å². The normalized spacial score (nSPS) is 17.5. The van der Waals surface area contributed by atoms with Crippen LogP contribution in [-0.2, 0) is 11.3 Å². The Morgan fingerprint density at radius 1 is 1.36 bits per heavy atom. The Morgan fingerprint density at radius 2 is 2.20 bits per heavy atom. The Bertz CT molecular complexity index is 970. The fourth-order valence-electron chi connectivity index (χ4n) is 3.36. The molecule has 0 radical (unpaired) electrons. The average molecular weight is 342 g/mol.